The average molecular weight is 515 g/mol. The van der Waals surface area contributed by atoms with Crippen LogP contribution in [0.2, 0.25) is 0 Å². The molecule has 186 valence electrons. The van der Waals surface area contributed by atoms with Gasteiger partial charge in [0.2, 0.25) is 16.0 Å². The number of hydrogen-bond acceptors (Lipinski definition) is 8. The Bertz CT molecular complexity index is 1210. The van der Waals surface area contributed by atoms with Crippen LogP contribution in [0.25, 0.3) is 0 Å². The van der Waals surface area contributed by atoms with Crippen molar-refractivity contribution < 1.29 is 36.3 Å². The number of carbonyl (C=O) groups is 1. The summed E-state index contributed by atoms with van der Waals surface area (Å²) >= 11 is 0. The molecule has 14 heteroatoms. The van der Waals surface area contributed by atoms with E-state index in [0.717, 1.165) is 30.5 Å². The second-order valence-corrected chi connectivity index (χ2v) is 10.9. The summed E-state index contributed by atoms with van der Waals surface area (Å²) in [5.74, 6) is -1.01. The average Bonchev–Trinajstić information content (AvgIpc) is 2.76. The summed E-state index contributed by atoms with van der Waals surface area (Å²) < 4.78 is 56.0. The smallest absolute Gasteiger partial charge is 0.322 e. The van der Waals surface area contributed by atoms with E-state index in [2.05, 4.69) is 9.88 Å². The zero-order valence-corrected chi connectivity index (χ0v) is 19.9. The molecule has 2 aromatic rings. The van der Waals surface area contributed by atoms with E-state index in [0.29, 0.717) is 24.3 Å². The number of nitrogens with two attached hydrogens (primary N) is 2. The van der Waals surface area contributed by atoms with Gasteiger partial charge in [0.25, 0.3) is 0 Å². The van der Waals surface area contributed by atoms with E-state index in [1.807, 2.05) is 0 Å². The summed E-state index contributed by atoms with van der Waals surface area (Å²) in [7, 11) is -7.71. The summed E-state index contributed by atoms with van der Waals surface area (Å²) in [6.07, 6.45) is 1.39. The lowest BCUT2D eigenvalue weighted by molar-refractivity contribution is -0.138. The first-order valence-electron chi connectivity index (χ1n) is 9.86. The number of hydrogen-bond donors (Lipinski definition) is 4. The molecule has 0 aliphatic rings. The number of rotatable bonds is 13. The van der Waals surface area contributed by atoms with Crippen molar-refractivity contribution in [2.45, 2.75) is 28.7 Å². The van der Waals surface area contributed by atoms with Gasteiger partial charge >= 0.3 is 5.97 Å². The monoisotopic (exact) mass is 514 g/mol. The van der Waals surface area contributed by atoms with Gasteiger partial charge < -0.3 is 26.1 Å². The second kappa shape index (κ2) is 11.7. The molecule has 0 radical (unpaired) electrons. The molecule has 0 bridgehead atoms. The highest BCUT2D eigenvalue weighted by Gasteiger charge is 2.26. The maximum atomic E-state index is 12.6. The van der Waals surface area contributed by atoms with Crippen molar-refractivity contribution in [3.8, 4) is 5.75 Å². The van der Waals surface area contributed by atoms with E-state index in [1.54, 1.807) is 24.3 Å². The third kappa shape index (κ3) is 8.53. The fourth-order valence-electron chi connectivity index (χ4n) is 2.69. The zero-order valence-electron chi connectivity index (χ0n) is 18.2. The Morgan fingerprint density at radius 3 is 2.12 bits per heavy atom. The summed E-state index contributed by atoms with van der Waals surface area (Å²) in [6.45, 7) is 0.586. The Labute approximate surface area is 197 Å². The van der Waals surface area contributed by atoms with Gasteiger partial charge in [-0.1, -0.05) is 12.1 Å². The molecule has 6 N–H and O–H groups in total. The minimum absolute atomic E-state index is 0.0511. The van der Waals surface area contributed by atoms with Crippen molar-refractivity contribution in [3.05, 3.63) is 54.1 Å². The predicted molar refractivity (Wildman–Crippen MR) is 123 cm³/mol. The lowest BCUT2D eigenvalue weighted by Crippen LogP contribution is -2.42. The van der Waals surface area contributed by atoms with Gasteiger partial charge in [-0.25, -0.2) is 16.8 Å². The highest BCUT2D eigenvalue weighted by atomic mass is 32.2. The van der Waals surface area contributed by atoms with E-state index in [4.69, 9.17) is 21.0 Å². The first-order valence-corrected chi connectivity index (χ1v) is 13.2. The van der Waals surface area contributed by atoms with Crippen molar-refractivity contribution in [1.82, 2.24) is 4.72 Å². The molecular weight excluding hydrogens is 488 g/mol. The number of sulfone groups is 1. The van der Waals surface area contributed by atoms with Crippen molar-refractivity contribution in [3.63, 3.8) is 0 Å². The minimum Gasteiger partial charge on any atom is -0.493 e. The number of carboxylic acid groups (broad SMARTS) is 1. The molecule has 0 aliphatic heterocycles. The molecule has 34 heavy (non-hydrogen) atoms. The van der Waals surface area contributed by atoms with Crippen LogP contribution >= 0.6 is 0 Å². The normalized spacial score (nSPS) is 12.5. The lowest BCUT2D eigenvalue weighted by atomic mass is 10.1. The van der Waals surface area contributed by atoms with Crippen LogP contribution in [0.5, 0.6) is 5.75 Å². The first kappa shape index (κ1) is 26.9. The maximum absolute atomic E-state index is 12.6. The van der Waals surface area contributed by atoms with Crippen molar-refractivity contribution in [2.75, 3.05) is 19.5 Å². The fraction of sp³-hybridized carbons (Fsp3) is 0.300. The Hall–Kier alpha value is -3.36. The Morgan fingerprint density at radius 2 is 1.59 bits per heavy atom. The number of carboxylic acids is 1. The molecule has 0 fully saturated rings. The standard InChI is InChI=1S/C20H26N4O8S2/c1-33(27,28)16-7-9-17(10-8-16)34(29,30)24-18(19(25)26)13-14-3-5-15(6-4-14)31-11-2-12-32-23-20(21)22/h3-10,18,24H,2,11-13H2,1H3,(H,25,26)(H4,21,22,23)/t18-/m0/s1. The number of sulfonamides is 1. The number of aliphatic carboxylic acids is 1. The zero-order chi connectivity index (χ0) is 25.4. The number of oxime groups is 1. The lowest BCUT2D eigenvalue weighted by Gasteiger charge is -2.15. The SMILES string of the molecule is CS(=O)(=O)c1ccc(S(=O)(=O)N[C@@H](Cc2ccc(OCCCON=C(N)N)cc2)C(=O)O)cc1. The van der Waals surface area contributed by atoms with Gasteiger partial charge in [0.1, 0.15) is 18.4 Å². The van der Waals surface area contributed by atoms with E-state index >= 15 is 0 Å². The van der Waals surface area contributed by atoms with Crippen LogP contribution < -0.4 is 20.9 Å². The molecule has 12 nitrogen and oxygen atoms in total. The van der Waals surface area contributed by atoms with Crippen LogP contribution in [0, 0.1) is 0 Å². The molecule has 2 rings (SSSR count). The molecule has 0 saturated carbocycles. The topological polar surface area (TPSA) is 200 Å². The van der Waals surface area contributed by atoms with Crippen LogP contribution in [0.3, 0.4) is 0 Å². The molecule has 0 spiro atoms. The molecule has 0 amide bonds. The van der Waals surface area contributed by atoms with Crippen LogP contribution in [0.15, 0.2) is 63.5 Å². The van der Waals surface area contributed by atoms with Gasteiger partial charge in [-0.05, 0) is 53.5 Å². The molecule has 0 aliphatic carbocycles. The van der Waals surface area contributed by atoms with Crippen LogP contribution in [-0.4, -0.2) is 59.4 Å². The van der Waals surface area contributed by atoms with E-state index in [1.165, 1.54) is 0 Å². The Balaban J connectivity index is 1.98. The van der Waals surface area contributed by atoms with E-state index < -0.39 is 31.9 Å². The van der Waals surface area contributed by atoms with Crippen molar-refractivity contribution in [1.29, 1.82) is 0 Å². The first-order chi connectivity index (χ1) is 15.9. The second-order valence-electron chi connectivity index (χ2n) is 7.16. The third-order valence-corrected chi connectivity index (χ3v) is 6.96. The van der Waals surface area contributed by atoms with Gasteiger partial charge in [0.15, 0.2) is 9.84 Å². The van der Waals surface area contributed by atoms with Crippen LogP contribution in [0.1, 0.15) is 12.0 Å². The quantitative estimate of drug-likeness (QED) is 0.122. The van der Waals surface area contributed by atoms with Gasteiger partial charge in [-0.2, -0.15) is 4.72 Å². The van der Waals surface area contributed by atoms with E-state index in [-0.39, 0.29) is 28.8 Å². The summed E-state index contributed by atoms with van der Waals surface area (Å²) in [5.41, 5.74) is 10.8. The predicted octanol–water partition coefficient (Wildman–Crippen LogP) is 0.0382. The van der Waals surface area contributed by atoms with E-state index in [9.17, 15) is 26.7 Å². The van der Waals surface area contributed by atoms with Gasteiger partial charge in [-0.15, -0.1) is 0 Å². The molecule has 1 atom stereocenters. The number of ether oxygens (including phenoxy) is 1. The molecule has 0 unspecified atom stereocenters. The third-order valence-electron chi connectivity index (χ3n) is 4.34. The molecule has 2 aromatic carbocycles. The highest BCUT2D eigenvalue weighted by Crippen LogP contribution is 2.17. The maximum Gasteiger partial charge on any atom is 0.322 e. The minimum atomic E-state index is -4.21. The van der Waals surface area contributed by atoms with Crippen LogP contribution in [0.4, 0.5) is 0 Å². The largest absolute Gasteiger partial charge is 0.493 e. The number of nitrogens with one attached hydrogen (secondary N) is 1. The summed E-state index contributed by atoms with van der Waals surface area (Å²) in [5, 5.41) is 12.9. The molecular formula is C20H26N4O8S2. The number of guanidine groups is 1. The van der Waals surface area contributed by atoms with Gasteiger partial charge in [0, 0.05) is 12.7 Å². The van der Waals surface area contributed by atoms with Crippen molar-refractivity contribution in [2.24, 2.45) is 16.6 Å². The highest BCUT2D eigenvalue weighted by molar-refractivity contribution is 7.90. The number of nitrogens with zero attached hydrogens (tertiary/aromatic N) is 1. The van der Waals surface area contributed by atoms with Crippen molar-refractivity contribution >= 4 is 31.8 Å². The molecule has 0 saturated heterocycles. The van der Waals surface area contributed by atoms with Gasteiger partial charge in [0.05, 0.1) is 16.4 Å². The van der Waals surface area contributed by atoms with Crippen LogP contribution in [-0.2, 0) is 35.9 Å². The Morgan fingerprint density at radius 1 is 1.00 bits per heavy atom. The van der Waals surface area contributed by atoms with Gasteiger partial charge in [-0.3, -0.25) is 4.79 Å². The Kier molecular flexibility index (Phi) is 9.23. The fourth-order valence-corrected chi connectivity index (χ4v) is 4.51. The number of benzene rings is 2. The summed E-state index contributed by atoms with van der Waals surface area (Å²) in [4.78, 5) is 16.2. The molecule has 0 aromatic heterocycles. The summed E-state index contributed by atoms with van der Waals surface area (Å²) in [6, 6.07) is 9.55. The molecule has 0 heterocycles.